The second-order valence-electron chi connectivity index (χ2n) is 3.84. The van der Waals surface area contributed by atoms with E-state index in [2.05, 4.69) is 20.9 Å². The van der Waals surface area contributed by atoms with Gasteiger partial charge in [0.2, 0.25) is 12.8 Å². The Hall–Kier alpha value is -1.46. The van der Waals surface area contributed by atoms with Crippen molar-refractivity contribution < 1.29 is 9.59 Å². The van der Waals surface area contributed by atoms with Crippen LogP contribution in [0.15, 0.2) is 10.2 Å². The van der Waals surface area contributed by atoms with Crippen LogP contribution in [-0.2, 0) is 9.59 Å². The quantitative estimate of drug-likeness (QED) is 0.480. The molecule has 14 heavy (non-hydrogen) atoms. The maximum Gasteiger partial charge on any atom is 0.209 e. The molecule has 0 unspecified atom stereocenters. The maximum absolute atomic E-state index is 10.2. The zero-order valence-electron chi connectivity index (χ0n) is 8.87. The van der Waals surface area contributed by atoms with Crippen molar-refractivity contribution in [1.29, 1.82) is 0 Å². The third-order valence-corrected chi connectivity index (χ3v) is 1.37. The lowest BCUT2D eigenvalue weighted by atomic mass is 10.2. The van der Waals surface area contributed by atoms with Gasteiger partial charge in [-0.05, 0) is 27.7 Å². The molecule has 0 saturated heterocycles. The molecule has 0 aromatic carbocycles. The summed E-state index contributed by atoms with van der Waals surface area (Å²) in [5, 5.41) is 12.8. The standard InChI is InChI=1S/C8H16N4O2/c1-7(2,9-5-13)11-12-8(3,4)10-6-14/h5-6H,1-4H3,(H,9,13)(H,10,14). The Labute approximate surface area is 83.2 Å². The molecular formula is C8H16N4O2. The molecule has 0 aliphatic rings. The van der Waals surface area contributed by atoms with Gasteiger partial charge in [0.1, 0.15) is 11.3 Å². The van der Waals surface area contributed by atoms with Gasteiger partial charge in [0, 0.05) is 0 Å². The fourth-order valence-electron chi connectivity index (χ4n) is 0.596. The van der Waals surface area contributed by atoms with Gasteiger partial charge in [-0.25, -0.2) is 0 Å². The van der Waals surface area contributed by atoms with Crippen LogP contribution in [0.2, 0.25) is 0 Å². The van der Waals surface area contributed by atoms with Gasteiger partial charge in [0.05, 0.1) is 0 Å². The molecule has 80 valence electrons. The van der Waals surface area contributed by atoms with Gasteiger partial charge in [-0.3, -0.25) is 9.59 Å². The summed E-state index contributed by atoms with van der Waals surface area (Å²) in [5.41, 5.74) is -1.52. The fourth-order valence-corrected chi connectivity index (χ4v) is 0.596. The monoisotopic (exact) mass is 200 g/mol. The summed E-state index contributed by atoms with van der Waals surface area (Å²) < 4.78 is 0. The molecule has 0 bridgehead atoms. The number of rotatable bonds is 6. The van der Waals surface area contributed by atoms with E-state index in [0.29, 0.717) is 12.8 Å². The van der Waals surface area contributed by atoms with Gasteiger partial charge in [-0.15, -0.1) is 0 Å². The van der Waals surface area contributed by atoms with Crippen LogP contribution in [0.5, 0.6) is 0 Å². The highest BCUT2D eigenvalue weighted by molar-refractivity contribution is 5.47. The SMILES string of the molecule is CC(C)(N=NC(C)(C)NC=O)NC=O. The Balaban J connectivity index is 4.40. The lowest BCUT2D eigenvalue weighted by molar-refractivity contribution is -0.112. The first-order valence-corrected chi connectivity index (χ1v) is 4.20. The predicted octanol–water partition coefficient (Wildman–Crippen LogP) is 0.403. The summed E-state index contributed by atoms with van der Waals surface area (Å²) >= 11 is 0. The molecule has 6 nitrogen and oxygen atoms in total. The summed E-state index contributed by atoms with van der Waals surface area (Å²) in [4.78, 5) is 20.4. The number of hydrogen-bond acceptors (Lipinski definition) is 4. The van der Waals surface area contributed by atoms with Crippen molar-refractivity contribution in [3.05, 3.63) is 0 Å². The van der Waals surface area contributed by atoms with E-state index in [1.54, 1.807) is 27.7 Å². The summed E-state index contributed by atoms with van der Waals surface area (Å²) in [6, 6.07) is 0. The molecule has 0 fully saturated rings. The highest BCUT2D eigenvalue weighted by atomic mass is 16.1. The molecule has 0 spiro atoms. The average Bonchev–Trinajstić information content (AvgIpc) is 2.01. The zero-order chi connectivity index (χ0) is 11.2. The van der Waals surface area contributed by atoms with Gasteiger partial charge in [0.25, 0.3) is 0 Å². The maximum atomic E-state index is 10.2. The minimum absolute atomic E-state index is 0.555. The number of nitrogens with zero attached hydrogens (tertiary/aromatic N) is 2. The van der Waals surface area contributed by atoms with E-state index in [9.17, 15) is 9.59 Å². The molecule has 0 heterocycles. The van der Waals surface area contributed by atoms with Gasteiger partial charge < -0.3 is 10.6 Å². The Morgan fingerprint density at radius 1 is 0.857 bits per heavy atom. The second kappa shape index (κ2) is 4.69. The van der Waals surface area contributed by atoms with Crippen LogP contribution in [0, 0.1) is 0 Å². The summed E-state index contributed by atoms with van der Waals surface area (Å²) in [6.45, 7) is 6.79. The van der Waals surface area contributed by atoms with Crippen molar-refractivity contribution in [1.82, 2.24) is 10.6 Å². The van der Waals surface area contributed by atoms with Gasteiger partial charge >= 0.3 is 0 Å². The number of carbonyl (C=O) groups excluding carboxylic acids is 2. The molecular weight excluding hydrogens is 184 g/mol. The molecule has 6 heteroatoms. The van der Waals surface area contributed by atoms with E-state index in [1.165, 1.54) is 0 Å². The van der Waals surface area contributed by atoms with E-state index < -0.39 is 11.3 Å². The molecule has 2 amide bonds. The lowest BCUT2D eigenvalue weighted by Crippen LogP contribution is -2.39. The zero-order valence-corrected chi connectivity index (χ0v) is 8.87. The van der Waals surface area contributed by atoms with Crippen molar-refractivity contribution >= 4 is 12.8 Å². The van der Waals surface area contributed by atoms with Gasteiger partial charge in [-0.2, -0.15) is 10.2 Å². The van der Waals surface area contributed by atoms with E-state index >= 15 is 0 Å². The minimum atomic E-state index is -0.760. The van der Waals surface area contributed by atoms with Crippen LogP contribution in [0.4, 0.5) is 0 Å². The van der Waals surface area contributed by atoms with Crippen molar-refractivity contribution in [2.75, 3.05) is 0 Å². The summed E-state index contributed by atoms with van der Waals surface area (Å²) in [5.74, 6) is 0. The van der Waals surface area contributed by atoms with Gasteiger partial charge in [0.15, 0.2) is 0 Å². The van der Waals surface area contributed by atoms with E-state index in [-0.39, 0.29) is 0 Å². The third kappa shape index (κ3) is 5.23. The van der Waals surface area contributed by atoms with Crippen molar-refractivity contribution in [2.24, 2.45) is 10.2 Å². The van der Waals surface area contributed by atoms with E-state index in [1.807, 2.05) is 0 Å². The van der Waals surface area contributed by atoms with Crippen molar-refractivity contribution in [3.63, 3.8) is 0 Å². The Morgan fingerprint density at radius 3 is 1.36 bits per heavy atom. The topological polar surface area (TPSA) is 82.9 Å². The first-order valence-electron chi connectivity index (χ1n) is 4.20. The molecule has 0 rings (SSSR count). The van der Waals surface area contributed by atoms with Crippen LogP contribution >= 0.6 is 0 Å². The van der Waals surface area contributed by atoms with Crippen molar-refractivity contribution in [2.45, 2.75) is 39.0 Å². The molecule has 0 aromatic rings. The smallest absolute Gasteiger partial charge is 0.209 e. The molecule has 2 N–H and O–H groups in total. The normalized spacial score (nSPS) is 12.6. The number of nitrogens with one attached hydrogen (secondary N) is 2. The summed E-state index contributed by atoms with van der Waals surface area (Å²) in [6.07, 6.45) is 1.11. The minimum Gasteiger partial charge on any atom is -0.333 e. The highest BCUT2D eigenvalue weighted by Gasteiger charge is 2.19. The Bertz CT molecular complexity index is 211. The first-order chi connectivity index (χ1) is 6.33. The third-order valence-electron chi connectivity index (χ3n) is 1.37. The number of amides is 2. The largest absolute Gasteiger partial charge is 0.333 e. The first kappa shape index (κ1) is 12.5. The molecule has 0 aliphatic heterocycles. The second-order valence-corrected chi connectivity index (χ2v) is 3.84. The number of carbonyl (C=O) groups is 2. The highest BCUT2D eigenvalue weighted by Crippen LogP contribution is 2.10. The Morgan fingerprint density at radius 2 is 1.14 bits per heavy atom. The fraction of sp³-hybridized carbons (Fsp3) is 0.750. The molecule has 0 aromatic heterocycles. The van der Waals surface area contributed by atoms with Crippen LogP contribution < -0.4 is 10.6 Å². The van der Waals surface area contributed by atoms with Crippen LogP contribution in [0.1, 0.15) is 27.7 Å². The van der Waals surface area contributed by atoms with Crippen LogP contribution in [-0.4, -0.2) is 24.1 Å². The van der Waals surface area contributed by atoms with Crippen LogP contribution in [0.25, 0.3) is 0 Å². The Kier molecular flexibility index (Phi) is 4.20. The number of azo groups is 1. The molecule has 0 atom stereocenters. The number of hydrogen-bond donors (Lipinski definition) is 2. The van der Waals surface area contributed by atoms with Crippen molar-refractivity contribution in [3.8, 4) is 0 Å². The molecule has 0 saturated carbocycles. The molecule has 0 aliphatic carbocycles. The lowest BCUT2D eigenvalue weighted by Gasteiger charge is -2.21. The van der Waals surface area contributed by atoms with E-state index in [4.69, 9.17) is 0 Å². The van der Waals surface area contributed by atoms with Gasteiger partial charge in [-0.1, -0.05) is 0 Å². The summed E-state index contributed by atoms with van der Waals surface area (Å²) in [7, 11) is 0. The molecule has 0 radical (unpaired) electrons. The van der Waals surface area contributed by atoms with E-state index in [0.717, 1.165) is 0 Å². The predicted molar refractivity (Wildman–Crippen MR) is 51.4 cm³/mol. The van der Waals surface area contributed by atoms with Crippen LogP contribution in [0.3, 0.4) is 0 Å². The average molecular weight is 200 g/mol.